The molecule has 1 heterocycles. The van der Waals surface area contributed by atoms with E-state index in [4.69, 9.17) is 4.42 Å². The van der Waals surface area contributed by atoms with E-state index in [1.807, 2.05) is 35.2 Å². The number of phenols is 1. The van der Waals surface area contributed by atoms with E-state index in [0.717, 1.165) is 16.6 Å². The molecule has 0 unspecified atom stereocenters. The summed E-state index contributed by atoms with van der Waals surface area (Å²) in [4.78, 5) is 13.9. The molecule has 0 aliphatic carbocycles. The number of rotatable bonds is 5. The Balaban J connectivity index is 2.08. The van der Waals surface area contributed by atoms with Crippen molar-refractivity contribution in [2.45, 2.75) is 13.5 Å². The zero-order valence-electron chi connectivity index (χ0n) is 13.4. The molecule has 0 saturated carbocycles. The van der Waals surface area contributed by atoms with Crippen molar-refractivity contribution in [3.05, 3.63) is 70.1 Å². The van der Waals surface area contributed by atoms with Crippen molar-refractivity contribution in [3.8, 4) is 5.75 Å². The molecular weight excluding hydrogens is 306 g/mol. The molecule has 124 valence electrons. The first-order valence-electron chi connectivity index (χ1n) is 7.76. The maximum absolute atomic E-state index is 11.9. The standard InChI is InChI=1S/C19H19NO4/c1-13-17(22)8-7-16-14(11-18(23)24-19(13)16)12-20(9-10-21)15-5-3-2-4-6-15/h2-8,11,21-22H,9-10,12H2,1H3. The lowest BCUT2D eigenvalue weighted by Gasteiger charge is -2.24. The summed E-state index contributed by atoms with van der Waals surface area (Å²) in [5, 5.41) is 20.0. The number of para-hydroxylation sites is 1. The predicted molar refractivity (Wildman–Crippen MR) is 93.5 cm³/mol. The Bertz CT molecular complexity index is 902. The molecule has 2 N–H and O–H groups in total. The Morgan fingerprint density at radius 2 is 1.88 bits per heavy atom. The highest BCUT2D eigenvalue weighted by molar-refractivity contribution is 5.85. The van der Waals surface area contributed by atoms with Crippen molar-refractivity contribution in [2.75, 3.05) is 18.1 Å². The third-order valence-electron chi connectivity index (χ3n) is 4.07. The van der Waals surface area contributed by atoms with E-state index in [-0.39, 0.29) is 12.4 Å². The van der Waals surface area contributed by atoms with Crippen LogP contribution in [0.2, 0.25) is 0 Å². The Labute approximate surface area is 139 Å². The fraction of sp³-hybridized carbons (Fsp3) is 0.211. The Morgan fingerprint density at radius 3 is 2.58 bits per heavy atom. The molecule has 0 spiro atoms. The highest BCUT2D eigenvalue weighted by Gasteiger charge is 2.14. The number of fused-ring (bicyclic) bond motifs is 1. The number of hydrogen-bond acceptors (Lipinski definition) is 5. The number of aryl methyl sites for hydroxylation is 1. The second-order valence-electron chi connectivity index (χ2n) is 5.66. The van der Waals surface area contributed by atoms with Crippen molar-refractivity contribution < 1.29 is 14.6 Å². The van der Waals surface area contributed by atoms with E-state index in [9.17, 15) is 15.0 Å². The molecule has 2 aromatic carbocycles. The lowest BCUT2D eigenvalue weighted by molar-refractivity contribution is 0.301. The summed E-state index contributed by atoms with van der Waals surface area (Å²) in [6.07, 6.45) is 0. The molecule has 3 rings (SSSR count). The largest absolute Gasteiger partial charge is 0.508 e. The van der Waals surface area contributed by atoms with Gasteiger partial charge < -0.3 is 19.5 Å². The fourth-order valence-electron chi connectivity index (χ4n) is 2.81. The number of hydrogen-bond donors (Lipinski definition) is 2. The number of aliphatic hydroxyl groups is 1. The third kappa shape index (κ3) is 3.12. The molecular formula is C19H19NO4. The Hall–Kier alpha value is -2.79. The predicted octanol–water partition coefficient (Wildman–Crippen LogP) is 2.81. The lowest BCUT2D eigenvalue weighted by atomic mass is 10.1. The van der Waals surface area contributed by atoms with E-state index in [1.54, 1.807) is 19.1 Å². The average molecular weight is 325 g/mol. The van der Waals surface area contributed by atoms with Crippen molar-refractivity contribution in [2.24, 2.45) is 0 Å². The van der Waals surface area contributed by atoms with Crippen molar-refractivity contribution in [1.82, 2.24) is 0 Å². The molecule has 0 atom stereocenters. The first-order valence-corrected chi connectivity index (χ1v) is 7.76. The van der Waals surface area contributed by atoms with Crippen LogP contribution in [-0.4, -0.2) is 23.4 Å². The fourth-order valence-corrected chi connectivity index (χ4v) is 2.81. The van der Waals surface area contributed by atoms with E-state index in [1.165, 1.54) is 6.07 Å². The molecule has 0 bridgehead atoms. The van der Waals surface area contributed by atoms with Crippen LogP contribution >= 0.6 is 0 Å². The monoisotopic (exact) mass is 325 g/mol. The second-order valence-corrected chi connectivity index (χ2v) is 5.66. The van der Waals surface area contributed by atoms with Gasteiger partial charge in [-0.2, -0.15) is 0 Å². The number of benzene rings is 2. The summed E-state index contributed by atoms with van der Waals surface area (Å²) in [5.74, 6) is 0.0954. The average Bonchev–Trinajstić information content (AvgIpc) is 2.59. The zero-order chi connectivity index (χ0) is 17.1. The van der Waals surface area contributed by atoms with Gasteiger partial charge in [0.2, 0.25) is 0 Å². The minimum Gasteiger partial charge on any atom is -0.508 e. The number of aliphatic hydroxyl groups excluding tert-OH is 1. The Kier molecular flexibility index (Phi) is 4.53. The zero-order valence-corrected chi connectivity index (χ0v) is 13.4. The van der Waals surface area contributed by atoms with Crippen LogP contribution in [0.15, 0.2) is 57.7 Å². The number of anilines is 1. The van der Waals surface area contributed by atoms with Crippen LogP contribution in [0.3, 0.4) is 0 Å². The normalized spacial score (nSPS) is 10.9. The molecule has 1 aromatic heterocycles. The maximum atomic E-state index is 11.9. The minimum atomic E-state index is -0.455. The van der Waals surface area contributed by atoms with E-state index >= 15 is 0 Å². The molecule has 0 fully saturated rings. The van der Waals surface area contributed by atoms with Crippen LogP contribution in [0.25, 0.3) is 11.0 Å². The second kappa shape index (κ2) is 6.76. The van der Waals surface area contributed by atoms with Crippen LogP contribution in [0.4, 0.5) is 5.69 Å². The van der Waals surface area contributed by atoms with E-state index in [0.29, 0.717) is 24.2 Å². The van der Waals surface area contributed by atoms with Crippen molar-refractivity contribution in [1.29, 1.82) is 0 Å². The molecule has 0 aliphatic rings. The van der Waals surface area contributed by atoms with Crippen LogP contribution < -0.4 is 10.5 Å². The molecule has 0 radical (unpaired) electrons. The smallest absolute Gasteiger partial charge is 0.336 e. The summed E-state index contributed by atoms with van der Waals surface area (Å²) in [6, 6.07) is 14.5. The first kappa shape index (κ1) is 16.1. The van der Waals surface area contributed by atoms with Gasteiger partial charge >= 0.3 is 5.63 Å². The summed E-state index contributed by atoms with van der Waals surface area (Å²) in [6.45, 7) is 2.63. The summed E-state index contributed by atoms with van der Waals surface area (Å²) < 4.78 is 5.28. The van der Waals surface area contributed by atoms with Gasteiger partial charge in [-0.15, -0.1) is 0 Å². The van der Waals surface area contributed by atoms with Gasteiger partial charge in [-0.3, -0.25) is 0 Å². The summed E-state index contributed by atoms with van der Waals surface area (Å²) >= 11 is 0. The molecule has 5 nitrogen and oxygen atoms in total. The van der Waals surface area contributed by atoms with Gasteiger partial charge in [-0.05, 0) is 36.8 Å². The van der Waals surface area contributed by atoms with Crippen LogP contribution in [-0.2, 0) is 6.54 Å². The van der Waals surface area contributed by atoms with Crippen LogP contribution in [0, 0.1) is 6.92 Å². The summed E-state index contributed by atoms with van der Waals surface area (Å²) in [7, 11) is 0. The quantitative estimate of drug-likeness (QED) is 0.706. The first-order chi connectivity index (χ1) is 11.6. The topological polar surface area (TPSA) is 73.9 Å². The molecule has 5 heteroatoms. The van der Waals surface area contributed by atoms with E-state index in [2.05, 4.69) is 0 Å². The van der Waals surface area contributed by atoms with Gasteiger partial charge in [0, 0.05) is 35.8 Å². The van der Waals surface area contributed by atoms with Crippen molar-refractivity contribution in [3.63, 3.8) is 0 Å². The van der Waals surface area contributed by atoms with Crippen LogP contribution in [0.5, 0.6) is 5.75 Å². The third-order valence-corrected chi connectivity index (χ3v) is 4.07. The molecule has 0 aliphatic heterocycles. The molecule has 24 heavy (non-hydrogen) atoms. The highest BCUT2D eigenvalue weighted by atomic mass is 16.4. The van der Waals surface area contributed by atoms with Crippen LogP contribution in [0.1, 0.15) is 11.1 Å². The van der Waals surface area contributed by atoms with Gasteiger partial charge in [0.1, 0.15) is 11.3 Å². The minimum absolute atomic E-state index is 0.00802. The van der Waals surface area contributed by atoms with Gasteiger partial charge in [0.05, 0.1) is 6.61 Å². The Morgan fingerprint density at radius 1 is 1.12 bits per heavy atom. The van der Waals surface area contributed by atoms with Gasteiger partial charge in [0.25, 0.3) is 0 Å². The molecule has 0 amide bonds. The van der Waals surface area contributed by atoms with Crippen molar-refractivity contribution >= 4 is 16.7 Å². The maximum Gasteiger partial charge on any atom is 0.336 e. The highest BCUT2D eigenvalue weighted by Crippen LogP contribution is 2.28. The van der Waals surface area contributed by atoms with Gasteiger partial charge in [0.15, 0.2) is 0 Å². The molecule has 0 saturated heterocycles. The molecule has 3 aromatic rings. The lowest BCUT2D eigenvalue weighted by Crippen LogP contribution is -2.26. The number of nitrogens with zero attached hydrogens (tertiary/aromatic N) is 1. The number of phenolic OH excluding ortho intramolecular Hbond substituents is 1. The SMILES string of the molecule is Cc1c(O)ccc2c(CN(CCO)c3ccccc3)cc(=O)oc12. The van der Waals surface area contributed by atoms with Gasteiger partial charge in [-0.25, -0.2) is 4.79 Å². The summed E-state index contributed by atoms with van der Waals surface area (Å²) in [5.41, 5.74) is 2.24. The van der Waals surface area contributed by atoms with E-state index < -0.39 is 5.63 Å². The number of aromatic hydroxyl groups is 1. The van der Waals surface area contributed by atoms with Gasteiger partial charge in [-0.1, -0.05) is 18.2 Å².